The minimum Gasteiger partial charge on any atom is -0.494 e. The van der Waals surface area contributed by atoms with Gasteiger partial charge in [-0.1, -0.05) is 32.1 Å². The monoisotopic (exact) mass is 420 g/mol. The Balaban J connectivity index is 2.94. The Kier molecular flexibility index (Phi) is 7.45. The molecular formula is C16H28N4O7S. The molecule has 1 unspecified atom stereocenters. The summed E-state index contributed by atoms with van der Waals surface area (Å²) in [5.74, 6) is -2.26. The van der Waals surface area contributed by atoms with E-state index in [1.54, 1.807) is 41.5 Å². The fourth-order valence-corrected chi connectivity index (χ4v) is 2.58. The van der Waals surface area contributed by atoms with Crippen molar-refractivity contribution in [3.05, 3.63) is 15.0 Å². The van der Waals surface area contributed by atoms with Crippen LogP contribution in [0.15, 0.2) is 10.2 Å². The molecule has 0 bridgehead atoms. The molecule has 1 heterocycles. The first-order valence-corrected chi connectivity index (χ1v) is 9.31. The number of thiazole rings is 1. The van der Waals surface area contributed by atoms with Gasteiger partial charge in [-0.15, -0.1) is 5.48 Å². The van der Waals surface area contributed by atoms with Gasteiger partial charge >= 0.3 is 23.0 Å². The number of nitrogens with zero attached hydrogens (tertiary/aromatic N) is 1. The molecule has 1 atom stereocenters. The number of carbonyl (C=O) groups is 2. The van der Waals surface area contributed by atoms with E-state index in [9.17, 15) is 19.5 Å². The first kappa shape index (κ1) is 23.7. The maximum absolute atomic E-state index is 12.3. The van der Waals surface area contributed by atoms with Crippen molar-refractivity contribution in [3.8, 4) is 5.88 Å². The van der Waals surface area contributed by atoms with Crippen LogP contribution in [-0.4, -0.2) is 39.9 Å². The van der Waals surface area contributed by atoms with Crippen LogP contribution in [0.5, 0.6) is 5.88 Å². The van der Waals surface area contributed by atoms with Crippen LogP contribution in [0.2, 0.25) is 0 Å². The lowest BCUT2D eigenvalue weighted by molar-refractivity contribution is -0.298. The predicted molar refractivity (Wildman–Crippen MR) is 102 cm³/mol. The Morgan fingerprint density at radius 3 is 2.25 bits per heavy atom. The molecule has 0 aliphatic carbocycles. The van der Waals surface area contributed by atoms with Gasteiger partial charge in [0, 0.05) is 5.54 Å². The van der Waals surface area contributed by atoms with Crippen molar-refractivity contribution < 1.29 is 29.0 Å². The second kappa shape index (κ2) is 8.80. The number of aromatic hydroxyl groups is 1. The Morgan fingerprint density at radius 1 is 1.21 bits per heavy atom. The third kappa shape index (κ3) is 6.69. The fraction of sp³-hybridized carbons (Fsp3) is 0.688. The van der Waals surface area contributed by atoms with Crippen molar-refractivity contribution in [1.82, 2.24) is 15.4 Å². The largest absolute Gasteiger partial charge is 0.494 e. The van der Waals surface area contributed by atoms with Crippen LogP contribution in [0.25, 0.3) is 0 Å². The minimum absolute atomic E-state index is 0.00610. The molecule has 1 rings (SSSR count). The van der Waals surface area contributed by atoms with E-state index in [1.807, 2.05) is 0 Å². The Morgan fingerprint density at radius 2 is 1.82 bits per heavy atom. The standard InChI is InChI=1S/C16H28N4O7S/c1-14(2,3)16(26-11(17)22,27-12(23)18-15(4,5)6)19-25-8-7-20-10(21)9-28-13(20)24/h9,19,21H,7-8H2,1-6H3,(H2,17,22)(H,18,23). The van der Waals surface area contributed by atoms with E-state index in [0.29, 0.717) is 0 Å². The normalized spacial score (nSPS) is 14.2. The fourth-order valence-electron chi connectivity index (χ4n) is 1.94. The highest BCUT2D eigenvalue weighted by atomic mass is 32.1. The van der Waals surface area contributed by atoms with Crippen LogP contribution < -0.4 is 21.4 Å². The highest BCUT2D eigenvalue weighted by molar-refractivity contribution is 7.07. The lowest BCUT2D eigenvalue weighted by atomic mass is 9.91. The minimum atomic E-state index is -2.06. The molecule has 0 saturated carbocycles. The number of carbonyl (C=O) groups excluding carboxylic acids is 2. The zero-order chi connectivity index (χ0) is 21.8. The molecule has 2 amide bonds. The second-order valence-corrected chi connectivity index (χ2v) is 8.83. The number of hydroxylamine groups is 1. The van der Waals surface area contributed by atoms with E-state index in [2.05, 4.69) is 10.8 Å². The number of aromatic nitrogens is 1. The Bertz CT molecular complexity index is 747. The van der Waals surface area contributed by atoms with Gasteiger partial charge in [0.1, 0.15) is 0 Å². The second-order valence-electron chi connectivity index (χ2n) is 8.01. The molecule has 12 heteroatoms. The predicted octanol–water partition coefficient (Wildman–Crippen LogP) is 1.46. The molecule has 0 spiro atoms. The van der Waals surface area contributed by atoms with Gasteiger partial charge in [0.2, 0.25) is 5.88 Å². The zero-order valence-corrected chi connectivity index (χ0v) is 17.6. The number of hydrogen-bond donors (Lipinski definition) is 4. The lowest BCUT2D eigenvalue weighted by Crippen LogP contribution is -2.63. The van der Waals surface area contributed by atoms with Gasteiger partial charge in [-0.25, -0.2) is 9.59 Å². The van der Waals surface area contributed by atoms with Crippen molar-refractivity contribution in [2.75, 3.05) is 6.61 Å². The molecule has 5 N–H and O–H groups in total. The highest BCUT2D eigenvalue weighted by Crippen LogP contribution is 2.33. The molecule has 0 aliphatic rings. The van der Waals surface area contributed by atoms with E-state index >= 15 is 0 Å². The maximum atomic E-state index is 12.3. The van der Waals surface area contributed by atoms with Crippen LogP contribution in [0, 0.1) is 5.41 Å². The third-order valence-corrected chi connectivity index (χ3v) is 4.08. The van der Waals surface area contributed by atoms with Gasteiger partial charge in [-0.3, -0.25) is 14.2 Å². The molecule has 0 saturated heterocycles. The first-order chi connectivity index (χ1) is 12.7. The summed E-state index contributed by atoms with van der Waals surface area (Å²) in [5, 5.41) is 13.5. The molecular weight excluding hydrogens is 392 g/mol. The van der Waals surface area contributed by atoms with E-state index in [0.717, 1.165) is 15.9 Å². The van der Waals surface area contributed by atoms with E-state index in [4.69, 9.17) is 20.0 Å². The summed E-state index contributed by atoms with van der Waals surface area (Å²) in [6, 6.07) is 0. The van der Waals surface area contributed by atoms with Gasteiger partial charge in [0.25, 0.3) is 0 Å². The van der Waals surface area contributed by atoms with Crippen molar-refractivity contribution in [3.63, 3.8) is 0 Å². The van der Waals surface area contributed by atoms with Crippen LogP contribution in [-0.2, 0) is 20.9 Å². The topological polar surface area (TPSA) is 154 Å². The number of ether oxygens (including phenoxy) is 2. The average Bonchev–Trinajstić information content (AvgIpc) is 2.78. The van der Waals surface area contributed by atoms with Crippen molar-refractivity contribution in [2.45, 2.75) is 59.5 Å². The van der Waals surface area contributed by atoms with Gasteiger partial charge in [0.15, 0.2) is 0 Å². The van der Waals surface area contributed by atoms with Gasteiger partial charge in [0.05, 0.1) is 23.9 Å². The molecule has 11 nitrogen and oxygen atoms in total. The zero-order valence-electron chi connectivity index (χ0n) is 16.8. The molecule has 0 fully saturated rings. The molecule has 1 aromatic heterocycles. The molecule has 160 valence electrons. The lowest BCUT2D eigenvalue weighted by Gasteiger charge is -2.41. The van der Waals surface area contributed by atoms with Crippen LogP contribution in [0.3, 0.4) is 0 Å². The molecule has 0 aliphatic heterocycles. The summed E-state index contributed by atoms with van der Waals surface area (Å²) in [5.41, 5.74) is 5.97. The molecule has 1 aromatic rings. The van der Waals surface area contributed by atoms with Crippen molar-refractivity contribution in [1.29, 1.82) is 0 Å². The molecule has 28 heavy (non-hydrogen) atoms. The van der Waals surface area contributed by atoms with E-state index in [1.165, 1.54) is 5.38 Å². The highest BCUT2D eigenvalue weighted by Gasteiger charge is 2.51. The number of nitrogens with one attached hydrogen (secondary N) is 2. The van der Waals surface area contributed by atoms with Gasteiger partial charge in [-0.2, -0.15) is 0 Å². The van der Waals surface area contributed by atoms with E-state index < -0.39 is 29.1 Å². The number of nitrogens with two attached hydrogens (primary N) is 1. The van der Waals surface area contributed by atoms with E-state index in [-0.39, 0.29) is 23.9 Å². The average molecular weight is 420 g/mol. The van der Waals surface area contributed by atoms with Crippen LogP contribution in [0.4, 0.5) is 9.59 Å². The molecule has 0 aromatic carbocycles. The summed E-state index contributed by atoms with van der Waals surface area (Å²) in [6.07, 6.45) is -2.06. The summed E-state index contributed by atoms with van der Waals surface area (Å²) in [7, 11) is 0. The quantitative estimate of drug-likeness (QED) is 0.294. The molecule has 0 radical (unpaired) electrons. The summed E-state index contributed by atoms with van der Waals surface area (Å²) in [6.45, 7) is 10.0. The van der Waals surface area contributed by atoms with Crippen LogP contribution in [0.1, 0.15) is 41.5 Å². The third-order valence-electron chi connectivity index (χ3n) is 3.33. The first-order valence-electron chi connectivity index (χ1n) is 8.43. The van der Waals surface area contributed by atoms with Gasteiger partial charge < -0.3 is 25.6 Å². The number of alkyl carbamates (subject to hydrolysis) is 1. The van der Waals surface area contributed by atoms with Crippen molar-refractivity contribution >= 4 is 23.5 Å². The van der Waals surface area contributed by atoms with Crippen LogP contribution >= 0.6 is 11.3 Å². The summed E-state index contributed by atoms with van der Waals surface area (Å²) < 4.78 is 11.5. The number of primary amides is 1. The SMILES string of the molecule is CC(C)(C)NC(=O)OC(NOCCn1c(O)csc1=O)(OC(N)=O)C(C)(C)C. The summed E-state index contributed by atoms with van der Waals surface area (Å²) in [4.78, 5) is 40.2. The Hall–Kier alpha value is -2.31. The maximum Gasteiger partial charge on any atom is 0.411 e. The Labute approximate surface area is 166 Å². The summed E-state index contributed by atoms with van der Waals surface area (Å²) >= 11 is 0.839. The number of amides is 2. The number of hydrogen-bond acceptors (Lipinski definition) is 9. The van der Waals surface area contributed by atoms with Gasteiger partial charge in [-0.05, 0) is 20.8 Å². The smallest absolute Gasteiger partial charge is 0.411 e. The number of rotatable bonds is 7. The van der Waals surface area contributed by atoms with Crippen molar-refractivity contribution in [2.24, 2.45) is 11.1 Å².